The largest absolute Gasteiger partial charge is 0.369 e. The summed E-state index contributed by atoms with van der Waals surface area (Å²) in [6.45, 7) is 14.3. The van der Waals surface area contributed by atoms with Gasteiger partial charge >= 0.3 is 0 Å². The number of hydrogen-bond donors (Lipinski definition) is 1. The third-order valence-electron chi connectivity index (χ3n) is 4.60. The average molecular weight is 289 g/mol. The lowest BCUT2D eigenvalue weighted by molar-refractivity contribution is -0.0778. The van der Waals surface area contributed by atoms with Crippen LogP contribution in [0.4, 0.5) is 0 Å². The van der Waals surface area contributed by atoms with Gasteiger partial charge in [-0.1, -0.05) is 36.8 Å². The second kappa shape index (κ2) is 6.10. The molecule has 0 spiro atoms. The zero-order valence-electron chi connectivity index (χ0n) is 14.5. The molecule has 2 rings (SSSR count). The summed E-state index contributed by atoms with van der Waals surface area (Å²) >= 11 is 0. The Morgan fingerprint density at radius 1 is 1.19 bits per heavy atom. The second-order valence-corrected chi connectivity index (χ2v) is 7.62. The zero-order chi connectivity index (χ0) is 15.7. The Kier molecular flexibility index (Phi) is 4.79. The summed E-state index contributed by atoms with van der Waals surface area (Å²) in [4.78, 5) is 0. The Morgan fingerprint density at radius 3 is 2.29 bits per heavy atom. The van der Waals surface area contributed by atoms with E-state index in [0.717, 1.165) is 19.4 Å². The van der Waals surface area contributed by atoms with Gasteiger partial charge in [0, 0.05) is 12.0 Å². The van der Waals surface area contributed by atoms with E-state index in [-0.39, 0.29) is 11.2 Å². The molecule has 0 bridgehead atoms. The van der Waals surface area contributed by atoms with Crippen molar-refractivity contribution in [1.82, 2.24) is 5.32 Å². The molecule has 1 N–H and O–H groups in total. The predicted molar refractivity (Wildman–Crippen MR) is 89.6 cm³/mol. The molecule has 1 heterocycles. The van der Waals surface area contributed by atoms with Crippen LogP contribution in [0.2, 0.25) is 0 Å². The Balaban J connectivity index is 2.29. The Morgan fingerprint density at radius 2 is 1.81 bits per heavy atom. The molecule has 1 aromatic rings. The summed E-state index contributed by atoms with van der Waals surface area (Å²) in [5.74, 6) is 0.488. The maximum Gasteiger partial charge on any atom is 0.0681 e. The minimum Gasteiger partial charge on any atom is -0.369 e. The maximum absolute atomic E-state index is 6.31. The average Bonchev–Trinajstić information content (AvgIpc) is 2.60. The molecule has 2 heteroatoms. The molecular formula is C19H31NO. The van der Waals surface area contributed by atoms with Crippen LogP contribution in [0.15, 0.2) is 24.3 Å². The van der Waals surface area contributed by atoms with Crippen LogP contribution < -0.4 is 5.32 Å². The number of benzene rings is 1. The molecule has 0 aliphatic carbocycles. The number of hydrogen-bond acceptors (Lipinski definition) is 2. The fourth-order valence-electron chi connectivity index (χ4n) is 3.69. The van der Waals surface area contributed by atoms with Crippen LogP contribution in [-0.4, -0.2) is 17.7 Å². The Labute approximate surface area is 130 Å². The van der Waals surface area contributed by atoms with Crippen LogP contribution in [0.3, 0.4) is 0 Å². The predicted octanol–water partition coefficient (Wildman–Crippen LogP) is 4.63. The van der Waals surface area contributed by atoms with E-state index < -0.39 is 0 Å². The van der Waals surface area contributed by atoms with Crippen LogP contribution in [0, 0.1) is 12.8 Å². The lowest BCUT2D eigenvalue weighted by Gasteiger charge is -2.34. The molecule has 0 aromatic heterocycles. The fourth-order valence-corrected chi connectivity index (χ4v) is 3.69. The topological polar surface area (TPSA) is 21.3 Å². The third-order valence-corrected chi connectivity index (χ3v) is 4.60. The van der Waals surface area contributed by atoms with Gasteiger partial charge in [0.1, 0.15) is 0 Å². The van der Waals surface area contributed by atoms with Crippen molar-refractivity contribution < 1.29 is 4.74 Å². The van der Waals surface area contributed by atoms with Crippen LogP contribution in [0.5, 0.6) is 0 Å². The van der Waals surface area contributed by atoms with Gasteiger partial charge in [0.25, 0.3) is 0 Å². The number of ether oxygens (including phenoxy) is 1. The highest BCUT2D eigenvalue weighted by atomic mass is 16.5. The van der Waals surface area contributed by atoms with Crippen molar-refractivity contribution in [2.45, 2.75) is 71.6 Å². The first-order valence-electron chi connectivity index (χ1n) is 8.25. The van der Waals surface area contributed by atoms with Crippen LogP contribution in [-0.2, 0) is 4.74 Å². The first-order chi connectivity index (χ1) is 9.75. The summed E-state index contributed by atoms with van der Waals surface area (Å²) in [6, 6.07) is 9.32. The summed E-state index contributed by atoms with van der Waals surface area (Å²) in [7, 11) is 0. The highest BCUT2D eigenvalue weighted by Crippen LogP contribution is 2.47. The standard InChI is InChI=1S/C19H31NO/c1-7-12-20-17(15-10-8-14(2)9-11-15)16-13-18(3,4)21-19(16,5)6/h8-11,16-17,20H,7,12-13H2,1-6H3. The van der Waals surface area contributed by atoms with Crippen molar-refractivity contribution in [1.29, 1.82) is 0 Å². The van der Waals surface area contributed by atoms with Crippen molar-refractivity contribution in [3.05, 3.63) is 35.4 Å². The Bertz CT molecular complexity index is 461. The molecule has 2 unspecified atom stereocenters. The van der Waals surface area contributed by atoms with Crippen molar-refractivity contribution >= 4 is 0 Å². The van der Waals surface area contributed by atoms with Gasteiger partial charge in [-0.15, -0.1) is 0 Å². The van der Waals surface area contributed by atoms with Crippen molar-refractivity contribution in [2.24, 2.45) is 5.92 Å². The van der Waals surface area contributed by atoms with Gasteiger partial charge in [0.15, 0.2) is 0 Å². The first-order valence-corrected chi connectivity index (χ1v) is 8.25. The van der Waals surface area contributed by atoms with E-state index in [1.807, 2.05) is 0 Å². The molecule has 0 saturated carbocycles. The molecule has 1 saturated heterocycles. The van der Waals surface area contributed by atoms with Crippen molar-refractivity contribution in [3.8, 4) is 0 Å². The molecule has 2 nitrogen and oxygen atoms in total. The highest BCUT2D eigenvalue weighted by molar-refractivity contribution is 5.26. The van der Waals surface area contributed by atoms with E-state index in [9.17, 15) is 0 Å². The molecule has 1 aromatic carbocycles. The summed E-state index contributed by atoms with van der Waals surface area (Å²) < 4.78 is 6.31. The van der Waals surface area contributed by atoms with Crippen LogP contribution >= 0.6 is 0 Å². The smallest absolute Gasteiger partial charge is 0.0681 e. The molecule has 1 aliphatic rings. The lowest BCUT2D eigenvalue weighted by atomic mass is 9.78. The number of nitrogens with one attached hydrogen (secondary N) is 1. The summed E-state index contributed by atoms with van der Waals surface area (Å²) in [5, 5.41) is 3.76. The second-order valence-electron chi connectivity index (χ2n) is 7.62. The highest BCUT2D eigenvalue weighted by Gasteiger charge is 2.49. The lowest BCUT2D eigenvalue weighted by Crippen LogP contribution is -2.38. The van der Waals surface area contributed by atoms with E-state index in [4.69, 9.17) is 4.74 Å². The van der Waals surface area contributed by atoms with E-state index in [1.165, 1.54) is 11.1 Å². The molecule has 21 heavy (non-hydrogen) atoms. The van der Waals surface area contributed by atoms with Gasteiger partial charge in [-0.2, -0.15) is 0 Å². The SMILES string of the molecule is CCCNC(c1ccc(C)cc1)C1CC(C)(C)OC1(C)C. The molecule has 0 amide bonds. The molecule has 1 fully saturated rings. The number of rotatable bonds is 5. The Hall–Kier alpha value is -0.860. The molecular weight excluding hydrogens is 258 g/mol. The van der Waals surface area contributed by atoms with E-state index in [1.54, 1.807) is 0 Å². The van der Waals surface area contributed by atoms with E-state index in [2.05, 4.69) is 71.1 Å². The minimum absolute atomic E-state index is 0.0367. The van der Waals surface area contributed by atoms with Crippen molar-refractivity contribution in [3.63, 3.8) is 0 Å². The molecule has 118 valence electrons. The fraction of sp³-hybridized carbons (Fsp3) is 0.684. The quantitative estimate of drug-likeness (QED) is 0.853. The molecule has 0 radical (unpaired) electrons. The number of aryl methyl sites for hydroxylation is 1. The van der Waals surface area contributed by atoms with Crippen LogP contribution in [0.1, 0.15) is 64.6 Å². The zero-order valence-corrected chi connectivity index (χ0v) is 14.5. The van der Waals surface area contributed by atoms with Crippen molar-refractivity contribution in [2.75, 3.05) is 6.54 Å². The van der Waals surface area contributed by atoms with Gasteiger partial charge < -0.3 is 10.1 Å². The van der Waals surface area contributed by atoms with Gasteiger partial charge in [0.05, 0.1) is 11.2 Å². The first kappa shape index (κ1) is 16.5. The third kappa shape index (κ3) is 3.87. The summed E-state index contributed by atoms with van der Waals surface area (Å²) in [5.41, 5.74) is 2.56. The van der Waals surface area contributed by atoms with Gasteiger partial charge in [-0.25, -0.2) is 0 Å². The van der Waals surface area contributed by atoms with E-state index in [0.29, 0.717) is 12.0 Å². The summed E-state index contributed by atoms with van der Waals surface area (Å²) in [6.07, 6.45) is 2.25. The molecule has 1 aliphatic heterocycles. The van der Waals surface area contributed by atoms with Gasteiger partial charge in [-0.3, -0.25) is 0 Å². The molecule has 2 atom stereocenters. The van der Waals surface area contributed by atoms with Crippen LogP contribution in [0.25, 0.3) is 0 Å². The van der Waals surface area contributed by atoms with Gasteiger partial charge in [-0.05, 0) is 59.6 Å². The van der Waals surface area contributed by atoms with E-state index >= 15 is 0 Å². The van der Waals surface area contributed by atoms with Gasteiger partial charge in [0.2, 0.25) is 0 Å². The maximum atomic E-state index is 6.31. The monoisotopic (exact) mass is 289 g/mol. The normalized spacial score (nSPS) is 25.0. The minimum atomic E-state index is -0.0974.